The van der Waals surface area contributed by atoms with E-state index >= 15 is 0 Å². The summed E-state index contributed by atoms with van der Waals surface area (Å²) >= 11 is 7.15. The Morgan fingerprint density at radius 3 is 2.57 bits per heavy atom. The molecular weight excluding hydrogens is 394 g/mol. The molecule has 0 amide bonds. The summed E-state index contributed by atoms with van der Waals surface area (Å²) in [6.07, 6.45) is 1.00. The summed E-state index contributed by atoms with van der Waals surface area (Å²) in [6.45, 7) is 3.85. The molecule has 0 aromatic heterocycles. The van der Waals surface area contributed by atoms with Crippen LogP contribution >= 0.6 is 31.9 Å². The minimum atomic E-state index is 0.190. The van der Waals surface area contributed by atoms with Gasteiger partial charge in [-0.3, -0.25) is 0 Å². The van der Waals surface area contributed by atoms with E-state index in [2.05, 4.69) is 80.5 Å². The van der Waals surface area contributed by atoms with Crippen molar-refractivity contribution in [2.75, 3.05) is 13.2 Å². The van der Waals surface area contributed by atoms with Gasteiger partial charge in [0.25, 0.3) is 0 Å². The normalized spacial score (nSPS) is 14.6. The molecule has 1 atom stereocenters. The molecule has 21 heavy (non-hydrogen) atoms. The lowest BCUT2D eigenvalue weighted by Gasteiger charge is -2.20. The van der Waals surface area contributed by atoms with Gasteiger partial charge in [0.2, 0.25) is 0 Å². The fraction of sp³-hybridized carbons (Fsp3) is 0.294. The molecule has 0 radical (unpaired) electrons. The van der Waals surface area contributed by atoms with Crippen LogP contribution in [0.1, 0.15) is 29.7 Å². The van der Waals surface area contributed by atoms with Gasteiger partial charge in [0.1, 0.15) is 5.75 Å². The molecule has 1 N–H and O–H groups in total. The average molecular weight is 411 g/mol. The number of hydrogen-bond donors (Lipinski definition) is 1. The summed E-state index contributed by atoms with van der Waals surface area (Å²) in [4.78, 5) is 0. The zero-order valence-electron chi connectivity index (χ0n) is 11.8. The summed E-state index contributed by atoms with van der Waals surface area (Å²) in [5, 5.41) is 3.58. The van der Waals surface area contributed by atoms with Crippen LogP contribution in [0.3, 0.4) is 0 Å². The molecule has 0 bridgehead atoms. The molecule has 110 valence electrons. The first-order valence-electron chi connectivity index (χ1n) is 7.12. The topological polar surface area (TPSA) is 21.3 Å². The van der Waals surface area contributed by atoms with E-state index in [9.17, 15) is 0 Å². The second kappa shape index (κ2) is 6.51. The van der Waals surface area contributed by atoms with E-state index in [1.54, 1.807) is 0 Å². The molecule has 0 aliphatic carbocycles. The Morgan fingerprint density at radius 1 is 1.10 bits per heavy atom. The van der Waals surface area contributed by atoms with Gasteiger partial charge in [-0.2, -0.15) is 0 Å². The van der Waals surface area contributed by atoms with Crippen LogP contribution in [0, 0.1) is 0 Å². The fourth-order valence-corrected chi connectivity index (χ4v) is 4.09. The van der Waals surface area contributed by atoms with E-state index in [4.69, 9.17) is 4.74 Å². The van der Waals surface area contributed by atoms with Crippen LogP contribution in [0.2, 0.25) is 0 Å². The first kappa shape index (κ1) is 15.1. The van der Waals surface area contributed by atoms with Crippen molar-refractivity contribution in [1.82, 2.24) is 5.32 Å². The zero-order valence-corrected chi connectivity index (χ0v) is 15.0. The number of benzene rings is 2. The van der Waals surface area contributed by atoms with Gasteiger partial charge in [0.15, 0.2) is 0 Å². The van der Waals surface area contributed by atoms with E-state index < -0.39 is 0 Å². The van der Waals surface area contributed by atoms with Gasteiger partial charge < -0.3 is 10.1 Å². The summed E-state index contributed by atoms with van der Waals surface area (Å²) in [6, 6.07) is 13.1. The van der Waals surface area contributed by atoms with Gasteiger partial charge in [-0.05, 0) is 47.5 Å². The number of fused-ring (bicyclic) bond motifs is 1. The Morgan fingerprint density at radius 2 is 1.86 bits per heavy atom. The standard InChI is InChI=1S/C17H17Br2NO/c1-2-20-17(13-8-14(18)10-15(19)9-13)12-3-4-16-11(7-12)5-6-21-16/h3-4,7-10,17,20H,2,5-6H2,1H3. The Bertz CT molecular complexity index is 637. The highest BCUT2D eigenvalue weighted by molar-refractivity contribution is 9.11. The van der Waals surface area contributed by atoms with Crippen molar-refractivity contribution < 1.29 is 4.74 Å². The summed E-state index contributed by atoms with van der Waals surface area (Å²) in [7, 11) is 0. The predicted molar refractivity (Wildman–Crippen MR) is 93.0 cm³/mol. The quantitative estimate of drug-likeness (QED) is 0.778. The van der Waals surface area contributed by atoms with Crippen LogP contribution in [0.5, 0.6) is 5.75 Å². The molecule has 3 rings (SSSR count). The van der Waals surface area contributed by atoms with Crippen LogP contribution < -0.4 is 10.1 Å². The first-order valence-corrected chi connectivity index (χ1v) is 8.71. The summed E-state index contributed by atoms with van der Waals surface area (Å²) in [5.74, 6) is 1.03. The van der Waals surface area contributed by atoms with Crippen LogP contribution in [-0.2, 0) is 6.42 Å². The van der Waals surface area contributed by atoms with Crippen LogP contribution in [0.25, 0.3) is 0 Å². The predicted octanol–water partition coefficient (Wildman–Crippen LogP) is 4.85. The summed E-state index contributed by atoms with van der Waals surface area (Å²) in [5.41, 5.74) is 3.84. The molecule has 0 spiro atoms. The van der Waals surface area contributed by atoms with Crippen molar-refractivity contribution in [3.05, 3.63) is 62.0 Å². The van der Waals surface area contributed by atoms with Gasteiger partial charge in [0.05, 0.1) is 12.6 Å². The number of halogens is 2. The average Bonchev–Trinajstić information content (AvgIpc) is 2.91. The van der Waals surface area contributed by atoms with Gasteiger partial charge in [-0.25, -0.2) is 0 Å². The third kappa shape index (κ3) is 3.33. The lowest BCUT2D eigenvalue weighted by molar-refractivity contribution is 0.357. The lowest BCUT2D eigenvalue weighted by atomic mass is 9.96. The third-order valence-corrected chi connectivity index (χ3v) is 4.59. The van der Waals surface area contributed by atoms with E-state index in [1.807, 2.05) is 0 Å². The number of ether oxygens (including phenoxy) is 1. The minimum Gasteiger partial charge on any atom is -0.493 e. The molecular formula is C17H17Br2NO. The van der Waals surface area contributed by atoms with Gasteiger partial charge in [-0.1, -0.05) is 50.9 Å². The molecule has 1 aliphatic rings. The Balaban J connectivity index is 2.01. The molecule has 0 fully saturated rings. The second-order valence-electron chi connectivity index (χ2n) is 5.16. The van der Waals surface area contributed by atoms with E-state index in [0.717, 1.165) is 34.3 Å². The maximum Gasteiger partial charge on any atom is 0.122 e. The largest absolute Gasteiger partial charge is 0.493 e. The molecule has 1 aliphatic heterocycles. The Kier molecular flexibility index (Phi) is 4.67. The Hall–Kier alpha value is -0.840. The molecule has 0 saturated heterocycles. The number of rotatable bonds is 4. The van der Waals surface area contributed by atoms with Crippen molar-refractivity contribution in [3.63, 3.8) is 0 Å². The zero-order chi connectivity index (χ0) is 14.8. The molecule has 2 nitrogen and oxygen atoms in total. The Labute approximate surface area is 142 Å². The van der Waals surface area contributed by atoms with Gasteiger partial charge in [-0.15, -0.1) is 0 Å². The highest BCUT2D eigenvalue weighted by Gasteiger charge is 2.18. The number of nitrogens with one attached hydrogen (secondary N) is 1. The van der Waals surface area contributed by atoms with E-state index in [1.165, 1.54) is 16.7 Å². The first-order chi connectivity index (χ1) is 10.2. The van der Waals surface area contributed by atoms with Gasteiger partial charge in [0, 0.05) is 15.4 Å². The highest BCUT2D eigenvalue weighted by atomic mass is 79.9. The lowest BCUT2D eigenvalue weighted by Crippen LogP contribution is -2.22. The van der Waals surface area contributed by atoms with E-state index in [0.29, 0.717) is 0 Å². The second-order valence-corrected chi connectivity index (χ2v) is 6.99. The minimum absolute atomic E-state index is 0.190. The number of hydrogen-bond acceptors (Lipinski definition) is 2. The maximum absolute atomic E-state index is 5.60. The summed E-state index contributed by atoms with van der Waals surface area (Å²) < 4.78 is 7.77. The SMILES string of the molecule is CCNC(c1cc(Br)cc(Br)c1)c1ccc2c(c1)CCO2. The van der Waals surface area contributed by atoms with Crippen LogP contribution in [0.15, 0.2) is 45.3 Å². The van der Waals surface area contributed by atoms with Crippen molar-refractivity contribution in [3.8, 4) is 5.75 Å². The van der Waals surface area contributed by atoms with Crippen molar-refractivity contribution in [2.45, 2.75) is 19.4 Å². The van der Waals surface area contributed by atoms with E-state index in [-0.39, 0.29) is 6.04 Å². The van der Waals surface area contributed by atoms with Gasteiger partial charge >= 0.3 is 0 Å². The molecule has 1 unspecified atom stereocenters. The third-order valence-electron chi connectivity index (χ3n) is 3.67. The smallest absolute Gasteiger partial charge is 0.122 e. The molecule has 1 heterocycles. The van der Waals surface area contributed by atoms with Crippen molar-refractivity contribution >= 4 is 31.9 Å². The van der Waals surface area contributed by atoms with Crippen LogP contribution in [0.4, 0.5) is 0 Å². The monoisotopic (exact) mass is 409 g/mol. The highest BCUT2D eigenvalue weighted by Crippen LogP contribution is 2.32. The maximum atomic E-state index is 5.60. The molecule has 2 aromatic rings. The fourth-order valence-electron chi connectivity index (χ4n) is 2.76. The van der Waals surface area contributed by atoms with Crippen LogP contribution in [-0.4, -0.2) is 13.2 Å². The van der Waals surface area contributed by atoms with Crippen molar-refractivity contribution in [2.24, 2.45) is 0 Å². The molecule has 0 saturated carbocycles. The molecule has 4 heteroatoms. The van der Waals surface area contributed by atoms with Crippen molar-refractivity contribution in [1.29, 1.82) is 0 Å². The molecule has 2 aromatic carbocycles.